The molecule has 3 aromatic heterocycles. The highest BCUT2D eigenvalue weighted by Crippen LogP contribution is 2.39. The van der Waals surface area contributed by atoms with E-state index in [1.54, 1.807) is 0 Å². The average molecular weight is 695 g/mol. The molecule has 5 heteroatoms. The van der Waals surface area contributed by atoms with Crippen molar-refractivity contribution in [1.29, 1.82) is 0 Å². The molecule has 0 saturated heterocycles. The molecule has 1 aliphatic heterocycles. The fourth-order valence-corrected chi connectivity index (χ4v) is 11.7. The summed E-state index contributed by atoms with van der Waals surface area (Å²) in [4.78, 5) is 11.0. The minimum Gasteiger partial charge on any atom is -0.309 e. The molecular weight excluding hydrogens is 661 g/mol. The fourth-order valence-electron chi connectivity index (χ4n) is 8.82. The van der Waals surface area contributed by atoms with Crippen molar-refractivity contribution in [2.75, 3.05) is 0 Å². The lowest BCUT2D eigenvalue weighted by atomic mass is 10.00. The molecule has 0 atom stereocenters. The second-order valence-electron chi connectivity index (χ2n) is 14.6. The Labute approximate surface area is 308 Å². The van der Waals surface area contributed by atoms with Crippen LogP contribution in [0.2, 0.25) is 13.1 Å². The van der Waals surface area contributed by atoms with Crippen molar-refractivity contribution in [3.63, 3.8) is 0 Å². The number of hydrogen-bond donors (Lipinski definition) is 0. The molecule has 11 rings (SSSR count). The maximum Gasteiger partial charge on any atom is 0.159 e. The van der Waals surface area contributed by atoms with Crippen molar-refractivity contribution in [3.8, 4) is 45.1 Å². The van der Waals surface area contributed by atoms with Crippen LogP contribution in [0.5, 0.6) is 0 Å². The zero-order chi connectivity index (χ0) is 35.3. The molecule has 0 fully saturated rings. The first kappa shape index (κ1) is 30.1. The first-order valence-electron chi connectivity index (χ1n) is 18.3. The third kappa shape index (κ3) is 4.35. The van der Waals surface area contributed by atoms with Crippen molar-refractivity contribution >= 4 is 62.2 Å². The van der Waals surface area contributed by atoms with E-state index in [0.29, 0.717) is 0 Å². The van der Waals surface area contributed by atoms with Crippen LogP contribution < -0.4 is 10.5 Å². The van der Waals surface area contributed by atoms with E-state index in [1.807, 2.05) is 0 Å². The molecule has 0 unspecified atom stereocenters. The topological polar surface area (TPSA) is 35.6 Å². The molecule has 0 bridgehead atoms. The molecule has 1 aliphatic rings. The molecule has 0 N–H and O–H groups in total. The van der Waals surface area contributed by atoms with E-state index >= 15 is 0 Å². The summed E-state index contributed by atoms with van der Waals surface area (Å²) < 4.78 is 4.73. The van der Waals surface area contributed by atoms with Crippen molar-refractivity contribution < 1.29 is 0 Å². The van der Waals surface area contributed by atoms with E-state index in [2.05, 4.69) is 192 Å². The highest BCUT2D eigenvalue weighted by Gasteiger charge is 2.41. The Hall–Kier alpha value is -6.56. The summed E-state index contributed by atoms with van der Waals surface area (Å²) in [5, 5.41) is 7.57. The Morgan fingerprint density at radius 3 is 1.60 bits per heavy atom. The summed E-state index contributed by atoms with van der Waals surface area (Å²) in [6, 6.07) is 61.3. The van der Waals surface area contributed by atoms with Crippen molar-refractivity contribution in [3.05, 3.63) is 170 Å². The number of rotatable bonds is 4. The van der Waals surface area contributed by atoms with Gasteiger partial charge in [0.05, 0.1) is 27.8 Å². The third-order valence-corrected chi connectivity index (χ3v) is 14.6. The summed E-state index contributed by atoms with van der Waals surface area (Å²) >= 11 is 0. The minimum absolute atomic E-state index is 0.775. The van der Waals surface area contributed by atoms with Gasteiger partial charge in [0, 0.05) is 54.9 Å². The molecule has 7 aromatic carbocycles. The zero-order valence-electron chi connectivity index (χ0n) is 29.5. The number of nitrogens with zero attached hydrogens (tertiary/aromatic N) is 4. The number of aromatic nitrogens is 4. The third-order valence-electron chi connectivity index (χ3n) is 11.3. The number of benzene rings is 7. The van der Waals surface area contributed by atoms with E-state index < -0.39 is 8.07 Å². The standard InChI is InChI=1S/C48H34N4Si/c1-53(2)44-23-13-9-19-38(44)45-46(31-24-27-34(28-25-31)52-40-20-10-6-16-35(40)36-17-7-11-21-41(36)52)49-47(50-48(45)53)32-26-29-43-39(30-32)37-18-8-12-22-42(37)51(43)33-14-4-3-5-15-33/h3-30H,1-2H3. The Bertz CT molecular complexity index is 3030. The molecule has 4 heterocycles. The summed E-state index contributed by atoms with van der Waals surface area (Å²) in [5.41, 5.74) is 12.6. The molecule has 4 nitrogen and oxygen atoms in total. The van der Waals surface area contributed by atoms with Gasteiger partial charge in [-0.25, -0.2) is 9.97 Å². The highest BCUT2D eigenvalue weighted by atomic mass is 28.3. The van der Waals surface area contributed by atoms with Crippen LogP contribution in [0.15, 0.2) is 170 Å². The molecule has 0 aliphatic carbocycles. The van der Waals surface area contributed by atoms with Gasteiger partial charge < -0.3 is 9.13 Å². The van der Waals surface area contributed by atoms with Crippen LogP contribution in [0.1, 0.15) is 0 Å². The Balaban J connectivity index is 1.12. The molecule has 0 saturated carbocycles. The zero-order valence-corrected chi connectivity index (χ0v) is 30.5. The number of fused-ring (bicyclic) bond motifs is 9. The fraction of sp³-hybridized carbons (Fsp3) is 0.0417. The predicted octanol–water partition coefficient (Wildman–Crippen LogP) is 10.8. The van der Waals surface area contributed by atoms with Crippen LogP contribution in [-0.2, 0) is 0 Å². The average Bonchev–Trinajstić information content (AvgIpc) is 3.81. The molecule has 53 heavy (non-hydrogen) atoms. The SMILES string of the molecule is C[Si]1(C)c2ccccc2-c2c(-c3ccc(-n4c5ccccc5c5ccccc54)cc3)nc(-c3ccc4c(c3)c3ccccc3n4-c3ccccc3)nc21. The van der Waals surface area contributed by atoms with E-state index in [0.717, 1.165) is 34.0 Å². The van der Waals surface area contributed by atoms with Gasteiger partial charge >= 0.3 is 0 Å². The van der Waals surface area contributed by atoms with Gasteiger partial charge in [-0.05, 0) is 71.4 Å². The summed E-state index contributed by atoms with van der Waals surface area (Å²) in [6.07, 6.45) is 0. The van der Waals surface area contributed by atoms with Crippen molar-refractivity contribution in [1.82, 2.24) is 19.1 Å². The van der Waals surface area contributed by atoms with Gasteiger partial charge in [0.15, 0.2) is 5.82 Å². The van der Waals surface area contributed by atoms with Gasteiger partial charge in [-0.1, -0.05) is 122 Å². The van der Waals surface area contributed by atoms with Crippen LogP contribution in [0.4, 0.5) is 0 Å². The molecule has 10 aromatic rings. The van der Waals surface area contributed by atoms with Crippen LogP contribution in [-0.4, -0.2) is 27.2 Å². The first-order chi connectivity index (χ1) is 26.1. The van der Waals surface area contributed by atoms with Crippen LogP contribution >= 0.6 is 0 Å². The van der Waals surface area contributed by atoms with Crippen molar-refractivity contribution in [2.24, 2.45) is 0 Å². The minimum atomic E-state index is -2.12. The number of para-hydroxylation sites is 4. The molecule has 250 valence electrons. The van der Waals surface area contributed by atoms with Crippen LogP contribution in [0.3, 0.4) is 0 Å². The Morgan fingerprint density at radius 2 is 0.943 bits per heavy atom. The predicted molar refractivity (Wildman–Crippen MR) is 224 cm³/mol. The Morgan fingerprint density at radius 1 is 0.434 bits per heavy atom. The molecular formula is C48H34N4Si. The number of hydrogen-bond acceptors (Lipinski definition) is 2. The monoisotopic (exact) mass is 694 g/mol. The van der Waals surface area contributed by atoms with Gasteiger partial charge in [0.1, 0.15) is 8.07 Å². The highest BCUT2D eigenvalue weighted by molar-refractivity contribution is 7.03. The van der Waals surface area contributed by atoms with Gasteiger partial charge in [-0.2, -0.15) is 0 Å². The lowest BCUT2D eigenvalue weighted by molar-refractivity contribution is 1.17. The van der Waals surface area contributed by atoms with Crippen LogP contribution in [0, 0.1) is 0 Å². The summed E-state index contributed by atoms with van der Waals surface area (Å²) in [5.74, 6) is 0.775. The van der Waals surface area contributed by atoms with E-state index in [9.17, 15) is 0 Å². The smallest absolute Gasteiger partial charge is 0.159 e. The van der Waals surface area contributed by atoms with Crippen molar-refractivity contribution in [2.45, 2.75) is 13.1 Å². The second-order valence-corrected chi connectivity index (χ2v) is 18.9. The van der Waals surface area contributed by atoms with E-state index in [4.69, 9.17) is 9.97 Å². The lowest BCUT2D eigenvalue weighted by Gasteiger charge is -2.19. The van der Waals surface area contributed by atoms with Gasteiger partial charge in [-0.15, -0.1) is 0 Å². The molecule has 0 radical (unpaired) electrons. The summed E-state index contributed by atoms with van der Waals surface area (Å²) in [7, 11) is -2.12. The molecule has 0 spiro atoms. The Kier molecular flexibility index (Phi) is 6.37. The molecule has 0 amide bonds. The van der Waals surface area contributed by atoms with Crippen LogP contribution in [0.25, 0.3) is 88.8 Å². The quantitative estimate of drug-likeness (QED) is 0.172. The largest absolute Gasteiger partial charge is 0.309 e. The maximum absolute atomic E-state index is 5.50. The van der Waals surface area contributed by atoms with E-state index in [-0.39, 0.29) is 0 Å². The summed E-state index contributed by atoms with van der Waals surface area (Å²) in [6.45, 7) is 4.86. The van der Waals surface area contributed by atoms with Gasteiger partial charge in [0.25, 0.3) is 0 Å². The van der Waals surface area contributed by atoms with E-state index in [1.165, 1.54) is 65.2 Å². The normalized spacial score (nSPS) is 13.2. The van der Waals surface area contributed by atoms with Gasteiger partial charge in [0.2, 0.25) is 0 Å². The second kappa shape index (κ2) is 11.2. The first-order valence-corrected chi connectivity index (χ1v) is 21.3. The van der Waals surface area contributed by atoms with Gasteiger partial charge in [-0.3, -0.25) is 0 Å². The lowest BCUT2D eigenvalue weighted by Crippen LogP contribution is -2.50. The maximum atomic E-state index is 5.50.